The fraction of sp³-hybridized carbons (Fsp3) is 0.909. The van der Waals surface area contributed by atoms with Gasteiger partial charge in [-0.3, -0.25) is 4.79 Å². The summed E-state index contributed by atoms with van der Waals surface area (Å²) >= 11 is 0. The number of carbonyl (C=O) groups excluding carboxylic acids is 1. The maximum Gasteiger partial charge on any atom is 0.216 e. The predicted octanol–water partition coefficient (Wildman–Crippen LogP) is 2.19. The fourth-order valence-electron chi connectivity index (χ4n) is 0.291. The van der Waals surface area contributed by atoms with Crippen LogP contribution in [0.5, 0.6) is 0 Å². The Morgan fingerprint density at radius 1 is 1.21 bits per heavy atom. The van der Waals surface area contributed by atoms with E-state index in [4.69, 9.17) is 5.11 Å². The molecule has 88 valence electrons. The molecule has 0 aromatic heterocycles. The van der Waals surface area contributed by atoms with Gasteiger partial charge in [-0.25, -0.2) is 0 Å². The second-order valence-corrected chi connectivity index (χ2v) is 3.52. The van der Waals surface area contributed by atoms with Crippen LogP contribution in [0.25, 0.3) is 0 Å². The standard InChI is InChI=1S/C5H11NO2.C4H10.C2H6/c1-4(7)3-6-5(2)8;1-4(2)3;1-2/h4,7H,3H2,1-2H3,(H,6,8);4H,1-3H3;1-2H3. The number of hydrogen-bond donors (Lipinski definition) is 2. The van der Waals surface area contributed by atoms with Gasteiger partial charge in [0.15, 0.2) is 0 Å². The summed E-state index contributed by atoms with van der Waals surface area (Å²) in [5.74, 6) is 0.728. The third-order valence-electron chi connectivity index (χ3n) is 0.646. The van der Waals surface area contributed by atoms with Crippen molar-refractivity contribution >= 4 is 5.91 Å². The van der Waals surface area contributed by atoms with E-state index in [-0.39, 0.29) is 5.91 Å². The van der Waals surface area contributed by atoms with Gasteiger partial charge < -0.3 is 10.4 Å². The van der Waals surface area contributed by atoms with Gasteiger partial charge in [-0.05, 0) is 12.8 Å². The van der Waals surface area contributed by atoms with Crippen molar-refractivity contribution in [1.82, 2.24) is 5.32 Å². The first kappa shape index (κ1) is 19.1. The summed E-state index contributed by atoms with van der Waals surface area (Å²) in [4.78, 5) is 10.1. The molecule has 0 aromatic carbocycles. The number of nitrogens with one attached hydrogen (secondary N) is 1. The first-order valence-electron chi connectivity index (χ1n) is 5.28. The van der Waals surface area contributed by atoms with Crippen LogP contribution in [0.4, 0.5) is 0 Å². The monoisotopic (exact) mass is 205 g/mol. The van der Waals surface area contributed by atoms with Crippen LogP contribution >= 0.6 is 0 Å². The van der Waals surface area contributed by atoms with Crippen LogP contribution in [0.3, 0.4) is 0 Å². The molecule has 0 spiro atoms. The Labute approximate surface area is 88.9 Å². The lowest BCUT2D eigenvalue weighted by molar-refractivity contribution is -0.119. The highest BCUT2D eigenvalue weighted by Gasteiger charge is 1.93. The zero-order chi connectivity index (χ0) is 12.1. The molecular formula is C11H27NO2. The van der Waals surface area contributed by atoms with E-state index in [1.54, 1.807) is 6.92 Å². The normalized spacial score (nSPS) is 10.4. The van der Waals surface area contributed by atoms with E-state index in [9.17, 15) is 4.79 Å². The van der Waals surface area contributed by atoms with Gasteiger partial charge in [0.25, 0.3) is 0 Å². The first-order valence-corrected chi connectivity index (χ1v) is 5.28. The van der Waals surface area contributed by atoms with Crippen molar-refractivity contribution in [2.75, 3.05) is 6.54 Å². The van der Waals surface area contributed by atoms with Crippen molar-refractivity contribution in [2.24, 2.45) is 5.92 Å². The lowest BCUT2D eigenvalue weighted by Gasteiger charge is -2.02. The van der Waals surface area contributed by atoms with Gasteiger partial charge >= 0.3 is 0 Å². The maximum atomic E-state index is 10.1. The van der Waals surface area contributed by atoms with Crippen LogP contribution in [0.2, 0.25) is 0 Å². The van der Waals surface area contributed by atoms with E-state index < -0.39 is 6.10 Å². The van der Waals surface area contributed by atoms with Crippen molar-refractivity contribution in [3.8, 4) is 0 Å². The van der Waals surface area contributed by atoms with Crippen molar-refractivity contribution in [2.45, 2.75) is 54.6 Å². The van der Waals surface area contributed by atoms with Gasteiger partial charge in [0.1, 0.15) is 0 Å². The molecule has 1 atom stereocenters. The summed E-state index contributed by atoms with van der Waals surface area (Å²) in [6, 6.07) is 0. The minimum atomic E-state index is -0.445. The molecule has 0 aliphatic heterocycles. The molecule has 14 heavy (non-hydrogen) atoms. The van der Waals surface area contributed by atoms with Crippen LogP contribution < -0.4 is 5.32 Å². The summed E-state index contributed by atoms with van der Waals surface area (Å²) in [5.41, 5.74) is 0. The number of amides is 1. The van der Waals surface area contributed by atoms with E-state index in [0.29, 0.717) is 6.54 Å². The van der Waals surface area contributed by atoms with Crippen molar-refractivity contribution in [3.63, 3.8) is 0 Å². The van der Waals surface area contributed by atoms with Crippen molar-refractivity contribution in [3.05, 3.63) is 0 Å². The van der Waals surface area contributed by atoms with E-state index in [1.807, 2.05) is 13.8 Å². The molecule has 3 nitrogen and oxygen atoms in total. The van der Waals surface area contributed by atoms with Crippen LogP contribution in [0.15, 0.2) is 0 Å². The van der Waals surface area contributed by atoms with Crippen LogP contribution in [-0.4, -0.2) is 23.7 Å². The molecule has 2 N–H and O–H groups in total. The minimum absolute atomic E-state index is 0.106. The largest absolute Gasteiger partial charge is 0.392 e. The molecule has 0 radical (unpaired) electrons. The number of hydrogen-bond acceptors (Lipinski definition) is 2. The Morgan fingerprint density at radius 2 is 1.50 bits per heavy atom. The second kappa shape index (κ2) is 14.9. The Hall–Kier alpha value is -0.570. The van der Waals surface area contributed by atoms with Gasteiger partial charge in [-0.1, -0.05) is 34.6 Å². The summed E-state index contributed by atoms with van der Waals surface area (Å²) in [7, 11) is 0. The zero-order valence-electron chi connectivity index (χ0n) is 10.7. The fourth-order valence-corrected chi connectivity index (χ4v) is 0.291. The third kappa shape index (κ3) is 63.4. The number of rotatable bonds is 2. The highest BCUT2D eigenvalue weighted by molar-refractivity contribution is 5.72. The Balaban J connectivity index is -0.000000170. The topological polar surface area (TPSA) is 49.3 Å². The third-order valence-corrected chi connectivity index (χ3v) is 0.646. The molecule has 0 bridgehead atoms. The highest BCUT2D eigenvalue weighted by Crippen LogP contribution is 1.81. The van der Waals surface area contributed by atoms with E-state index in [1.165, 1.54) is 6.92 Å². The lowest BCUT2D eigenvalue weighted by atomic mass is 10.3. The average Bonchev–Trinajstić information content (AvgIpc) is 2.03. The molecule has 1 amide bonds. The summed E-state index contributed by atoms with van der Waals surface area (Å²) < 4.78 is 0. The van der Waals surface area contributed by atoms with Crippen LogP contribution in [0.1, 0.15) is 48.5 Å². The predicted molar refractivity (Wildman–Crippen MR) is 62.2 cm³/mol. The van der Waals surface area contributed by atoms with E-state index in [2.05, 4.69) is 26.1 Å². The van der Waals surface area contributed by atoms with Crippen LogP contribution in [0, 0.1) is 5.92 Å². The van der Waals surface area contributed by atoms with Crippen LogP contribution in [-0.2, 0) is 4.79 Å². The van der Waals surface area contributed by atoms with Crippen molar-refractivity contribution < 1.29 is 9.90 Å². The SMILES string of the molecule is CC.CC(=O)NCC(C)O.CC(C)C. The average molecular weight is 205 g/mol. The molecular weight excluding hydrogens is 178 g/mol. The molecule has 3 heteroatoms. The molecule has 0 heterocycles. The summed E-state index contributed by atoms with van der Waals surface area (Å²) in [5, 5.41) is 11.0. The lowest BCUT2D eigenvalue weighted by Crippen LogP contribution is -2.28. The molecule has 0 saturated heterocycles. The first-order chi connectivity index (χ1) is 6.36. The minimum Gasteiger partial charge on any atom is -0.392 e. The maximum absolute atomic E-state index is 10.1. The van der Waals surface area contributed by atoms with E-state index in [0.717, 1.165) is 5.92 Å². The van der Waals surface area contributed by atoms with Gasteiger partial charge in [0, 0.05) is 13.5 Å². The molecule has 0 aromatic rings. The zero-order valence-corrected chi connectivity index (χ0v) is 10.7. The Morgan fingerprint density at radius 3 is 1.57 bits per heavy atom. The second-order valence-electron chi connectivity index (χ2n) is 3.52. The molecule has 0 rings (SSSR count). The van der Waals surface area contributed by atoms with Gasteiger partial charge in [-0.2, -0.15) is 0 Å². The summed E-state index contributed by atoms with van der Waals surface area (Å²) in [6.45, 7) is 13.9. The van der Waals surface area contributed by atoms with Crippen molar-refractivity contribution in [1.29, 1.82) is 0 Å². The Kier molecular flexibility index (Phi) is 20.3. The van der Waals surface area contributed by atoms with E-state index >= 15 is 0 Å². The quantitative estimate of drug-likeness (QED) is 0.726. The number of carbonyl (C=O) groups is 1. The summed E-state index contributed by atoms with van der Waals surface area (Å²) in [6.07, 6.45) is -0.445. The molecule has 0 aliphatic carbocycles. The van der Waals surface area contributed by atoms with Gasteiger partial charge in [0.05, 0.1) is 6.10 Å². The number of aliphatic hydroxyl groups is 1. The van der Waals surface area contributed by atoms with Gasteiger partial charge in [-0.15, -0.1) is 0 Å². The van der Waals surface area contributed by atoms with Gasteiger partial charge in [0.2, 0.25) is 5.91 Å². The molecule has 0 aliphatic rings. The highest BCUT2D eigenvalue weighted by atomic mass is 16.3. The smallest absolute Gasteiger partial charge is 0.216 e. The molecule has 0 fully saturated rings. The Bertz CT molecular complexity index is 109. The number of aliphatic hydroxyl groups excluding tert-OH is 1. The molecule has 0 saturated carbocycles. The molecule has 1 unspecified atom stereocenters.